The van der Waals surface area contributed by atoms with Gasteiger partial charge in [-0.2, -0.15) is 0 Å². The van der Waals surface area contributed by atoms with E-state index in [2.05, 4.69) is 31.8 Å². The van der Waals surface area contributed by atoms with Gasteiger partial charge in [0.1, 0.15) is 11.8 Å². The van der Waals surface area contributed by atoms with Crippen LogP contribution in [-0.4, -0.2) is 45.7 Å². The van der Waals surface area contributed by atoms with Gasteiger partial charge in [0.2, 0.25) is 0 Å². The lowest BCUT2D eigenvalue weighted by Crippen LogP contribution is -2.51. The summed E-state index contributed by atoms with van der Waals surface area (Å²) in [6.45, 7) is 7.93. The van der Waals surface area contributed by atoms with Crippen LogP contribution < -0.4 is 0 Å². The molecule has 1 heterocycles. The van der Waals surface area contributed by atoms with E-state index in [1.165, 1.54) is 50.5 Å². The molecule has 1 saturated heterocycles. The van der Waals surface area contributed by atoms with Crippen molar-refractivity contribution in [3.63, 3.8) is 0 Å². The highest BCUT2D eigenvalue weighted by Crippen LogP contribution is 2.28. The van der Waals surface area contributed by atoms with Gasteiger partial charge in [0.25, 0.3) is 0 Å². The van der Waals surface area contributed by atoms with Gasteiger partial charge in [-0.3, -0.25) is 4.90 Å². The average molecular weight is 394 g/mol. The number of hydrogen-bond donors (Lipinski definition) is 2. The molecule has 1 aliphatic rings. The Morgan fingerprint density at radius 3 is 2.54 bits per heavy atom. The van der Waals surface area contributed by atoms with Gasteiger partial charge in [0.05, 0.1) is 12.6 Å². The van der Waals surface area contributed by atoms with Crippen LogP contribution >= 0.6 is 0 Å². The highest BCUT2D eigenvalue weighted by Gasteiger charge is 2.46. The van der Waals surface area contributed by atoms with Crippen molar-refractivity contribution in [3.8, 4) is 11.8 Å². The van der Waals surface area contributed by atoms with Gasteiger partial charge in [0, 0.05) is 6.42 Å². The Balaban J connectivity index is 2.27. The number of carbonyl (C=O) groups is 1. The molecule has 1 amide bonds. The van der Waals surface area contributed by atoms with E-state index in [9.17, 15) is 15.0 Å². The lowest BCUT2D eigenvalue weighted by molar-refractivity contribution is -0.0447. The number of allylic oxidation sites excluding steroid dienone is 2. The Bertz CT molecular complexity index is 559. The lowest BCUT2D eigenvalue weighted by atomic mass is 10.0. The number of aliphatic hydroxyl groups excluding tert-OH is 1. The van der Waals surface area contributed by atoms with Crippen molar-refractivity contribution >= 4 is 6.09 Å². The van der Waals surface area contributed by atoms with E-state index in [1.54, 1.807) is 13.8 Å². The molecule has 1 rings (SSSR count). The predicted octanol–water partition coefficient (Wildman–Crippen LogP) is 5.33. The molecule has 160 valence electrons. The third kappa shape index (κ3) is 8.67. The van der Waals surface area contributed by atoms with Crippen LogP contribution in [0.4, 0.5) is 4.79 Å². The number of rotatable bonds is 11. The summed E-state index contributed by atoms with van der Waals surface area (Å²) < 4.78 is 5.49. The minimum atomic E-state index is -1.10. The van der Waals surface area contributed by atoms with Crippen molar-refractivity contribution in [2.45, 2.75) is 110 Å². The van der Waals surface area contributed by atoms with E-state index in [0.717, 1.165) is 17.7 Å². The monoisotopic (exact) mass is 393 g/mol. The van der Waals surface area contributed by atoms with Crippen molar-refractivity contribution in [2.24, 2.45) is 0 Å². The zero-order valence-corrected chi connectivity index (χ0v) is 18.2. The molecule has 0 spiro atoms. The van der Waals surface area contributed by atoms with Crippen LogP contribution in [0.25, 0.3) is 0 Å². The first-order chi connectivity index (χ1) is 13.3. The fourth-order valence-electron chi connectivity index (χ4n) is 3.56. The van der Waals surface area contributed by atoms with Crippen molar-refractivity contribution in [1.82, 2.24) is 4.90 Å². The third-order valence-corrected chi connectivity index (χ3v) is 5.28. The Morgan fingerprint density at radius 2 is 1.89 bits per heavy atom. The minimum Gasteiger partial charge on any atom is -0.465 e. The number of hydrogen-bond acceptors (Lipinski definition) is 3. The molecule has 2 N–H and O–H groups in total. The summed E-state index contributed by atoms with van der Waals surface area (Å²) >= 11 is 0. The van der Waals surface area contributed by atoms with Crippen LogP contribution in [0.3, 0.4) is 0 Å². The molecule has 0 aromatic heterocycles. The number of amides is 1. The zero-order chi connectivity index (χ0) is 21.0. The SMILES string of the molecule is CCCCCCCCCC(C)=CCCC#C[C@H](O)[C@H]1COC(C)(C)N1C(=O)O. The second-order valence-corrected chi connectivity index (χ2v) is 8.20. The third-order valence-electron chi connectivity index (χ3n) is 5.28. The summed E-state index contributed by atoms with van der Waals surface area (Å²) in [6, 6.07) is -0.644. The Labute approximate surface area is 171 Å². The second kappa shape index (κ2) is 12.9. The number of nitrogens with zero attached hydrogens (tertiary/aromatic N) is 1. The van der Waals surface area contributed by atoms with Crippen LogP contribution in [0.5, 0.6) is 0 Å². The van der Waals surface area contributed by atoms with Crippen LogP contribution in [0.15, 0.2) is 11.6 Å². The van der Waals surface area contributed by atoms with Crippen LogP contribution in [-0.2, 0) is 4.74 Å². The molecule has 1 fully saturated rings. The minimum absolute atomic E-state index is 0.159. The van der Waals surface area contributed by atoms with Crippen molar-refractivity contribution in [1.29, 1.82) is 0 Å². The molecule has 0 radical (unpaired) electrons. The molecule has 1 aliphatic heterocycles. The van der Waals surface area contributed by atoms with Crippen LogP contribution in [0.1, 0.15) is 91.9 Å². The molecule has 0 aromatic rings. The number of unbranched alkanes of at least 4 members (excludes halogenated alkanes) is 7. The van der Waals surface area contributed by atoms with E-state index in [4.69, 9.17) is 4.74 Å². The lowest BCUT2D eigenvalue weighted by Gasteiger charge is -2.31. The van der Waals surface area contributed by atoms with E-state index in [-0.39, 0.29) is 6.61 Å². The molecule has 0 aliphatic carbocycles. The average Bonchev–Trinajstić information content (AvgIpc) is 2.96. The molecular weight excluding hydrogens is 354 g/mol. The topological polar surface area (TPSA) is 70.0 Å². The van der Waals surface area contributed by atoms with Crippen molar-refractivity contribution in [3.05, 3.63) is 11.6 Å². The summed E-state index contributed by atoms with van der Waals surface area (Å²) in [5.41, 5.74) is 0.466. The fourth-order valence-corrected chi connectivity index (χ4v) is 3.56. The summed E-state index contributed by atoms with van der Waals surface area (Å²) in [6.07, 6.45) is 12.0. The van der Waals surface area contributed by atoms with Gasteiger partial charge >= 0.3 is 6.09 Å². The highest BCUT2D eigenvalue weighted by molar-refractivity contribution is 5.67. The zero-order valence-electron chi connectivity index (χ0n) is 18.2. The molecule has 0 aromatic carbocycles. The van der Waals surface area contributed by atoms with Crippen molar-refractivity contribution in [2.75, 3.05) is 6.61 Å². The smallest absolute Gasteiger partial charge is 0.410 e. The normalized spacial score (nSPS) is 20.0. The number of aliphatic hydroxyl groups is 1. The molecule has 0 unspecified atom stereocenters. The van der Waals surface area contributed by atoms with E-state index in [1.807, 2.05) is 0 Å². The first kappa shape index (κ1) is 24.5. The number of carboxylic acid groups (broad SMARTS) is 1. The highest BCUT2D eigenvalue weighted by atomic mass is 16.5. The fraction of sp³-hybridized carbons (Fsp3) is 0.783. The van der Waals surface area contributed by atoms with Crippen LogP contribution in [0.2, 0.25) is 0 Å². The Hall–Kier alpha value is -1.51. The summed E-state index contributed by atoms with van der Waals surface area (Å²) in [4.78, 5) is 12.6. The first-order valence-electron chi connectivity index (χ1n) is 10.8. The van der Waals surface area contributed by atoms with Gasteiger partial charge in [-0.25, -0.2) is 4.79 Å². The Morgan fingerprint density at radius 1 is 1.25 bits per heavy atom. The quantitative estimate of drug-likeness (QED) is 0.283. The summed E-state index contributed by atoms with van der Waals surface area (Å²) in [5, 5.41) is 19.6. The van der Waals surface area contributed by atoms with Crippen molar-refractivity contribution < 1.29 is 19.7 Å². The van der Waals surface area contributed by atoms with E-state index >= 15 is 0 Å². The van der Waals surface area contributed by atoms with Gasteiger partial charge in [-0.05, 0) is 40.0 Å². The molecular formula is C23H39NO4. The number of ether oxygens (including phenoxy) is 1. The summed E-state index contributed by atoms with van der Waals surface area (Å²) in [7, 11) is 0. The molecule has 0 bridgehead atoms. The van der Waals surface area contributed by atoms with E-state index in [0.29, 0.717) is 6.42 Å². The summed E-state index contributed by atoms with van der Waals surface area (Å²) in [5.74, 6) is 5.77. The molecule has 0 saturated carbocycles. The maximum Gasteiger partial charge on any atom is 0.410 e. The molecule has 5 heteroatoms. The van der Waals surface area contributed by atoms with Gasteiger partial charge in [0.15, 0.2) is 0 Å². The largest absolute Gasteiger partial charge is 0.465 e. The first-order valence-corrected chi connectivity index (χ1v) is 10.8. The van der Waals surface area contributed by atoms with Gasteiger partial charge in [-0.1, -0.05) is 63.0 Å². The van der Waals surface area contributed by atoms with E-state index < -0.39 is 24.0 Å². The molecule has 2 atom stereocenters. The second-order valence-electron chi connectivity index (χ2n) is 8.20. The maximum atomic E-state index is 11.4. The predicted molar refractivity (Wildman–Crippen MR) is 113 cm³/mol. The van der Waals surface area contributed by atoms with Crippen LogP contribution in [0, 0.1) is 11.8 Å². The Kier molecular flexibility index (Phi) is 11.3. The maximum absolute atomic E-state index is 11.4. The standard InChI is InChI=1S/C23H39NO4/c1-5-6-7-8-9-10-12-15-19(2)16-13-11-14-17-21(25)20-18-28-23(3,4)24(20)22(26)27/h16,20-21,25H,5-13,15,18H2,1-4H3,(H,26,27)/t20-,21+/m1/s1. The molecule has 5 nitrogen and oxygen atoms in total. The molecule has 28 heavy (non-hydrogen) atoms. The van der Waals surface area contributed by atoms with Gasteiger partial charge in [-0.15, -0.1) is 5.92 Å². The van der Waals surface area contributed by atoms with Gasteiger partial charge < -0.3 is 14.9 Å².